The van der Waals surface area contributed by atoms with E-state index in [0.29, 0.717) is 17.7 Å². The first-order valence-corrected chi connectivity index (χ1v) is 8.72. The van der Waals surface area contributed by atoms with E-state index in [0.717, 1.165) is 42.7 Å². The van der Waals surface area contributed by atoms with E-state index in [4.69, 9.17) is 8.83 Å². The van der Waals surface area contributed by atoms with Crippen molar-refractivity contribution in [1.82, 2.24) is 24.6 Å². The molecule has 7 nitrogen and oxygen atoms in total. The molecule has 0 saturated carbocycles. The zero-order chi connectivity index (χ0) is 17.4. The number of aromatic nitrogens is 4. The van der Waals surface area contributed by atoms with Crippen LogP contribution in [0.1, 0.15) is 35.9 Å². The van der Waals surface area contributed by atoms with E-state index >= 15 is 0 Å². The van der Waals surface area contributed by atoms with Gasteiger partial charge >= 0.3 is 0 Å². The zero-order valence-corrected chi connectivity index (χ0v) is 14.9. The van der Waals surface area contributed by atoms with Crippen LogP contribution in [-0.4, -0.2) is 37.2 Å². The summed E-state index contributed by atoms with van der Waals surface area (Å²) in [5.41, 5.74) is 0.977. The van der Waals surface area contributed by atoms with E-state index in [2.05, 4.69) is 20.0 Å². The molecule has 4 heterocycles. The SMILES string of the molecule is Cc1nc(C)n(C[C@H]2CCCN2Cc2nc(-c3ccco3)oc2C)n1. The van der Waals surface area contributed by atoms with E-state index in [1.54, 1.807) is 6.26 Å². The van der Waals surface area contributed by atoms with Crippen molar-refractivity contribution >= 4 is 0 Å². The van der Waals surface area contributed by atoms with Crippen LogP contribution in [0.25, 0.3) is 11.7 Å². The molecule has 1 saturated heterocycles. The van der Waals surface area contributed by atoms with Crippen molar-refractivity contribution in [1.29, 1.82) is 0 Å². The van der Waals surface area contributed by atoms with Gasteiger partial charge in [-0.2, -0.15) is 5.10 Å². The lowest BCUT2D eigenvalue weighted by molar-refractivity contribution is 0.215. The molecular formula is C18H23N5O2. The summed E-state index contributed by atoms with van der Waals surface area (Å²) in [6.45, 7) is 8.63. The molecule has 1 aliphatic rings. The van der Waals surface area contributed by atoms with E-state index < -0.39 is 0 Å². The van der Waals surface area contributed by atoms with Crippen molar-refractivity contribution in [2.45, 2.75) is 52.7 Å². The summed E-state index contributed by atoms with van der Waals surface area (Å²) < 4.78 is 13.2. The summed E-state index contributed by atoms with van der Waals surface area (Å²) in [6.07, 6.45) is 3.99. The van der Waals surface area contributed by atoms with Gasteiger partial charge in [0.25, 0.3) is 5.89 Å². The van der Waals surface area contributed by atoms with Gasteiger partial charge in [0.1, 0.15) is 17.4 Å². The highest BCUT2D eigenvalue weighted by Crippen LogP contribution is 2.26. The van der Waals surface area contributed by atoms with Crippen molar-refractivity contribution in [3.8, 4) is 11.7 Å². The minimum Gasteiger partial charge on any atom is -0.459 e. The predicted octanol–water partition coefficient (Wildman–Crippen LogP) is 3.12. The first-order chi connectivity index (χ1) is 12.1. The second-order valence-corrected chi connectivity index (χ2v) is 6.65. The van der Waals surface area contributed by atoms with Gasteiger partial charge in [0, 0.05) is 12.6 Å². The van der Waals surface area contributed by atoms with Gasteiger partial charge in [0.15, 0.2) is 5.76 Å². The summed E-state index contributed by atoms with van der Waals surface area (Å²) in [4.78, 5) is 11.5. The molecule has 1 atom stereocenters. The molecule has 4 rings (SSSR count). The summed E-state index contributed by atoms with van der Waals surface area (Å²) >= 11 is 0. The summed E-state index contributed by atoms with van der Waals surface area (Å²) in [5.74, 6) is 3.88. The Hall–Kier alpha value is -2.41. The zero-order valence-electron chi connectivity index (χ0n) is 14.9. The van der Waals surface area contributed by atoms with Crippen LogP contribution < -0.4 is 0 Å². The minimum absolute atomic E-state index is 0.447. The van der Waals surface area contributed by atoms with Crippen LogP contribution in [0.5, 0.6) is 0 Å². The Labute approximate surface area is 146 Å². The maximum absolute atomic E-state index is 5.79. The number of furan rings is 1. The quantitative estimate of drug-likeness (QED) is 0.710. The number of oxazole rings is 1. The molecule has 3 aromatic rings. The molecule has 25 heavy (non-hydrogen) atoms. The molecule has 0 bridgehead atoms. The van der Waals surface area contributed by atoms with Gasteiger partial charge < -0.3 is 8.83 Å². The molecule has 1 fully saturated rings. The molecule has 0 aromatic carbocycles. The van der Waals surface area contributed by atoms with Crippen LogP contribution in [0.15, 0.2) is 27.2 Å². The van der Waals surface area contributed by atoms with E-state index in [9.17, 15) is 0 Å². The lowest BCUT2D eigenvalue weighted by Gasteiger charge is -2.23. The van der Waals surface area contributed by atoms with Crippen molar-refractivity contribution in [3.63, 3.8) is 0 Å². The normalized spacial score (nSPS) is 18.3. The molecule has 3 aromatic heterocycles. The molecule has 0 aliphatic carbocycles. The molecule has 0 amide bonds. The van der Waals surface area contributed by atoms with Gasteiger partial charge in [-0.25, -0.2) is 14.6 Å². The van der Waals surface area contributed by atoms with Gasteiger partial charge in [-0.3, -0.25) is 4.90 Å². The minimum atomic E-state index is 0.447. The van der Waals surface area contributed by atoms with Crippen molar-refractivity contribution in [2.24, 2.45) is 0 Å². The highest BCUT2D eigenvalue weighted by Gasteiger charge is 2.27. The fraction of sp³-hybridized carbons (Fsp3) is 0.500. The first-order valence-electron chi connectivity index (χ1n) is 8.72. The third-order valence-corrected chi connectivity index (χ3v) is 4.82. The van der Waals surface area contributed by atoms with Gasteiger partial charge in [-0.1, -0.05) is 0 Å². The Kier molecular flexibility index (Phi) is 4.17. The average molecular weight is 341 g/mol. The lowest BCUT2D eigenvalue weighted by Crippen LogP contribution is -2.33. The molecule has 7 heteroatoms. The van der Waals surface area contributed by atoms with Crippen LogP contribution in [-0.2, 0) is 13.1 Å². The topological polar surface area (TPSA) is 73.1 Å². The van der Waals surface area contributed by atoms with Gasteiger partial charge in [0.05, 0.1) is 18.5 Å². The fourth-order valence-corrected chi connectivity index (χ4v) is 3.52. The Morgan fingerprint density at radius 1 is 1.24 bits per heavy atom. The standard InChI is InChI=1S/C18H23N5O2/c1-12-16(20-18(25-12)17-7-5-9-24-17)11-22-8-4-6-15(22)10-23-14(3)19-13(2)21-23/h5,7,9,15H,4,6,8,10-11H2,1-3H3/t15-/m1/s1. The summed E-state index contributed by atoms with van der Waals surface area (Å²) in [7, 11) is 0. The lowest BCUT2D eigenvalue weighted by atomic mass is 10.2. The Morgan fingerprint density at radius 2 is 2.12 bits per heavy atom. The second-order valence-electron chi connectivity index (χ2n) is 6.65. The molecule has 0 N–H and O–H groups in total. The number of aryl methyl sites for hydroxylation is 3. The molecule has 132 valence electrons. The summed E-state index contributed by atoms with van der Waals surface area (Å²) in [6, 6.07) is 4.15. The molecule has 0 radical (unpaired) electrons. The van der Waals surface area contributed by atoms with Crippen molar-refractivity contribution in [3.05, 3.63) is 41.5 Å². The number of nitrogens with zero attached hydrogens (tertiary/aromatic N) is 5. The molecule has 1 aliphatic heterocycles. The Bertz CT molecular complexity index is 849. The predicted molar refractivity (Wildman–Crippen MR) is 91.9 cm³/mol. The fourth-order valence-electron chi connectivity index (χ4n) is 3.52. The number of rotatable bonds is 5. The van der Waals surface area contributed by atoms with E-state index in [1.165, 1.54) is 12.8 Å². The number of hydrogen-bond donors (Lipinski definition) is 0. The maximum atomic E-state index is 5.79. The van der Waals surface area contributed by atoms with Crippen LogP contribution in [0.4, 0.5) is 0 Å². The Morgan fingerprint density at radius 3 is 2.84 bits per heavy atom. The maximum Gasteiger partial charge on any atom is 0.263 e. The van der Waals surface area contributed by atoms with Gasteiger partial charge in [-0.15, -0.1) is 0 Å². The van der Waals surface area contributed by atoms with E-state index in [1.807, 2.05) is 37.6 Å². The van der Waals surface area contributed by atoms with Crippen molar-refractivity contribution in [2.75, 3.05) is 6.54 Å². The molecular weight excluding hydrogens is 318 g/mol. The van der Waals surface area contributed by atoms with Crippen LogP contribution in [0.3, 0.4) is 0 Å². The second kappa shape index (κ2) is 6.48. The smallest absolute Gasteiger partial charge is 0.263 e. The van der Waals surface area contributed by atoms with Gasteiger partial charge in [0.2, 0.25) is 0 Å². The summed E-state index contributed by atoms with van der Waals surface area (Å²) in [5, 5.41) is 4.50. The van der Waals surface area contributed by atoms with Crippen LogP contribution in [0, 0.1) is 20.8 Å². The first kappa shape index (κ1) is 16.1. The average Bonchev–Trinajstić information content (AvgIpc) is 3.32. The number of hydrogen-bond acceptors (Lipinski definition) is 6. The van der Waals surface area contributed by atoms with Gasteiger partial charge in [-0.05, 0) is 52.3 Å². The monoisotopic (exact) mass is 341 g/mol. The highest BCUT2D eigenvalue weighted by molar-refractivity contribution is 5.44. The largest absolute Gasteiger partial charge is 0.459 e. The molecule has 0 spiro atoms. The Balaban J connectivity index is 1.49. The van der Waals surface area contributed by atoms with E-state index in [-0.39, 0.29) is 0 Å². The van der Waals surface area contributed by atoms with Crippen LogP contribution in [0.2, 0.25) is 0 Å². The number of likely N-dealkylation sites (tertiary alicyclic amines) is 1. The molecule has 0 unspecified atom stereocenters. The highest BCUT2D eigenvalue weighted by atomic mass is 16.4. The van der Waals surface area contributed by atoms with Crippen molar-refractivity contribution < 1.29 is 8.83 Å². The van der Waals surface area contributed by atoms with Crippen LogP contribution >= 0.6 is 0 Å². The third kappa shape index (κ3) is 3.24. The third-order valence-electron chi connectivity index (χ3n) is 4.82.